The first-order valence-corrected chi connectivity index (χ1v) is 7.03. The van der Waals surface area contributed by atoms with Crippen molar-refractivity contribution in [3.8, 4) is 0 Å². The molecule has 0 amide bonds. The zero-order valence-electron chi connectivity index (χ0n) is 11.0. The van der Waals surface area contributed by atoms with Crippen molar-refractivity contribution in [2.24, 2.45) is 0 Å². The van der Waals surface area contributed by atoms with Crippen molar-refractivity contribution in [1.82, 2.24) is 4.98 Å². The van der Waals surface area contributed by atoms with E-state index in [0.29, 0.717) is 5.88 Å². The maximum atomic E-state index is 6.04. The fourth-order valence-corrected chi connectivity index (χ4v) is 2.27. The van der Waals surface area contributed by atoms with E-state index in [1.807, 2.05) is 43.4 Å². The Hall–Kier alpha value is -1.25. The summed E-state index contributed by atoms with van der Waals surface area (Å²) in [6.07, 6.45) is 0. The quantitative estimate of drug-likeness (QED) is 0.762. The molecule has 0 saturated heterocycles. The first-order chi connectivity index (χ1) is 9.11. The lowest BCUT2D eigenvalue weighted by Gasteiger charge is -2.26. The summed E-state index contributed by atoms with van der Waals surface area (Å²) in [7, 11) is 2.02. The second-order valence-electron chi connectivity index (χ2n) is 4.46. The summed E-state index contributed by atoms with van der Waals surface area (Å²) < 4.78 is 0. The molecular weight excluding hydrogens is 279 g/mol. The minimum atomic E-state index is 0.191. The van der Waals surface area contributed by atoms with Crippen LogP contribution in [0.4, 0.5) is 5.82 Å². The van der Waals surface area contributed by atoms with Crippen LogP contribution in [0.25, 0.3) is 0 Å². The lowest BCUT2D eigenvalue weighted by molar-refractivity contribution is 0.727. The Bertz CT molecular complexity index is 557. The van der Waals surface area contributed by atoms with Crippen molar-refractivity contribution in [1.29, 1.82) is 0 Å². The number of alkyl halides is 1. The van der Waals surface area contributed by atoms with Crippen LogP contribution in [0.1, 0.15) is 24.2 Å². The van der Waals surface area contributed by atoms with E-state index in [1.165, 1.54) is 0 Å². The van der Waals surface area contributed by atoms with Crippen LogP contribution in [0.2, 0.25) is 5.02 Å². The maximum Gasteiger partial charge on any atom is 0.129 e. The summed E-state index contributed by atoms with van der Waals surface area (Å²) in [6.45, 7) is 2.13. The molecule has 2 nitrogen and oxygen atoms in total. The molecule has 0 N–H and O–H groups in total. The second-order valence-corrected chi connectivity index (χ2v) is 5.17. The van der Waals surface area contributed by atoms with Crippen LogP contribution in [0.15, 0.2) is 42.5 Å². The van der Waals surface area contributed by atoms with Gasteiger partial charge in [0.2, 0.25) is 0 Å². The highest BCUT2D eigenvalue weighted by atomic mass is 35.5. The van der Waals surface area contributed by atoms with E-state index in [4.69, 9.17) is 23.2 Å². The van der Waals surface area contributed by atoms with Crippen LogP contribution in [0.5, 0.6) is 0 Å². The van der Waals surface area contributed by atoms with Crippen LogP contribution in [-0.2, 0) is 5.88 Å². The van der Waals surface area contributed by atoms with Crippen LogP contribution in [0, 0.1) is 0 Å². The normalized spacial score (nSPS) is 12.2. The molecule has 0 spiro atoms. The number of hydrogen-bond acceptors (Lipinski definition) is 2. The number of hydrogen-bond donors (Lipinski definition) is 0. The van der Waals surface area contributed by atoms with E-state index >= 15 is 0 Å². The molecule has 2 rings (SSSR count). The van der Waals surface area contributed by atoms with E-state index in [9.17, 15) is 0 Å². The minimum Gasteiger partial charge on any atom is -0.353 e. The van der Waals surface area contributed by atoms with Gasteiger partial charge in [-0.2, -0.15) is 0 Å². The van der Waals surface area contributed by atoms with Crippen molar-refractivity contribution >= 4 is 29.0 Å². The third-order valence-corrected chi connectivity index (χ3v) is 3.71. The van der Waals surface area contributed by atoms with Gasteiger partial charge in [0, 0.05) is 12.1 Å². The van der Waals surface area contributed by atoms with Gasteiger partial charge in [0.1, 0.15) is 5.82 Å². The first kappa shape index (κ1) is 14.2. The van der Waals surface area contributed by atoms with E-state index in [-0.39, 0.29) is 6.04 Å². The summed E-state index contributed by atoms with van der Waals surface area (Å²) in [4.78, 5) is 6.63. The van der Waals surface area contributed by atoms with Crippen molar-refractivity contribution in [2.45, 2.75) is 18.8 Å². The summed E-state index contributed by atoms with van der Waals surface area (Å²) in [5, 5.41) is 0.750. The highest BCUT2D eigenvalue weighted by Gasteiger charge is 2.13. The molecule has 4 heteroatoms. The third kappa shape index (κ3) is 3.40. The van der Waals surface area contributed by atoms with Gasteiger partial charge < -0.3 is 4.90 Å². The van der Waals surface area contributed by atoms with Crippen molar-refractivity contribution in [3.63, 3.8) is 0 Å². The molecule has 0 fully saturated rings. The minimum absolute atomic E-state index is 0.191. The topological polar surface area (TPSA) is 16.1 Å². The second kappa shape index (κ2) is 6.27. The molecule has 2 aromatic rings. The number of pyridine rings is 1. The number of anilines is 1. The molecule has 1 heterocycles. The van der Waals surface area contributed by atoms with Crippen LogP contribution < -0.4 is 4.90 Å². The van der Waals surface area contributed by atoms with Crippen LogP contribution in [-0.4, -0.2) is 12.0 Å². The monoisotopic (exact) mass is 294 g/mol. The number of rotatable bonds is 4. The maximum absolute atomic E-state index is 6.04. The van der Waals surface area contributed by atoms with Crippen molar-refractivity contribution in [2.75, 3.05) is 11.9 Å². The van der Waals surface area contributed by atoms with E-state index < -0.39 is 0 Å². The lowest BCUT2D eigenvalue weighted by atomic mass is 10.1. The molecule has 1 aromatic carbocycles. The summed E-state index contributed by atoms with van der Waals surface area (Å²) in [6, 6.07) is 14.0. The Morgan fingerprint density at radius 2 is 1.95 bits per heavy atom. The Morgan fingerprint density at radius 3 is 2.63 bits per heavy atom. The van der Waals surface area contributed by atoms with Gasteiger partial charge in [-0.1, -0.05) is 29.8 Å². The summed E-state index contributed by atoms with van der Waals surface area (Å²) in [5.74, 6) is 1.33. The molecule has 0 saturated carbocycles. The average Bonchev–Trinajstić information content (AvgIpc) is 2.45. The number of halogens is 2. The molecule has 0 radical (unpaired) electrons. The first-order valence-electron chi connectivity index (χ1n) is 6.12. The van der Waals surface area contributed by atoms with Gasteiger partial charge in [0.15, 0.2) is 0 Å². The zero-order valence-corrected chi connectivity index (χ0v) is 12.5. The zero-order chi connectivity index (χ0) is 13.8. The van der Waals surface area contributed by atoms with Gasteiger partial charge in [-0.25, -0.2) is 4.98 Å². The molecule has 0 aliphatic heterocycles. The Kier molecular flexibility index (Phi) is 4.67. The highest BCUT2D eigenvalue weighted by Crippen LogP contribution is 2.25. The predicted molar refractivity (Wildman–Crippen MR) is 82.1 cm³/mol. The van der Waals surface area contributed by atoms with E-state index in [1.54, 1.807) is 0 Å². The standard InChI is InChI=1S/C15H16Cl2N2/c1-11(12-5-3-6-13(17)9-12)19(2)15-8-4-7-14(10-16)18-15/h3-9,11H,10H2,1-2H3. The Morgan fingerprint density at radius 1 is 1.21 bits per heavy atom. The Balaban J connectivity index is 2.25. The van der Waals surface area contributed by atoms with Gasteiger partial charge >= 0.3 is 0 Å². The van der Waals surface area contributed by atoms with Crippen molar-refractivity contribution in [3.05, 3.63) is 58.7 Å². The average molecular weight is 295 g/mol. The third-order valence-electron chi connectivity index (χ3n) is 3.20. The predicted octanol–water partition coefficient (Wildman–Crippen LogP) is 4.67. The number of benzene rings is 1. The highest BCUT2D eigenvalue weighted by molar-refractivity contribution is 6.30. The molecule has 0 bridgehead atoms. The van der Waals surface area contributed by atoms with Crippen molar-refractivity contribution < 1.29 is 0 Å². The molecule has 0 aliphatic carbocycles. The van der Waals surface area contributed by atoms with Gasteiger partial charge in [-0.3, -0.25) is 0 Å². The Labute approximate surface area is 124 Å². The SMILES string of the molecule is CC(c1cccc(Cl)c1)N(C)c1cccc(CCl)n1. The van der Waals surface area contributed by atoms with E-state index in [2.05, 4.69) is 22.9 Å². The number of nitrogens with zero attached hydrogens (tertiary/aromatic N) is 2. The fraction of sp³-hybridized carbons (Fsp3) is 0.267. The van der Waals surface area contributed by atoms with Gasteiger partial charge in [0.25, 0.3) is 0 Å². The van der Waals surface area contributed by atoms with Crippen LogP contribution in [0.3, 0.4) is 0 Å². The molecule has 100 valence electrons. The molecule has 1 aromatic heterocycles. The van der Waals surface area contributed by atoms with Gasteiger partial charge in [0.05, 0.1) is 17.6 Å². The lowest BCUT2D eigenvalue weighted by Crippen LogP contribution is -2.22. The summed E-state index contributed by atoms with van der Waals surface area (Å²) in [5.41, 5.74) is 2.04. The molecule has 0 aliphatic rings. The molecule has 1 atom stereocenters. The van der Waals surface area contributed by atoms with Gasteiger partial charge in [-0.05, 0) is 36.8 Å². The van der Waals surface area contributed by atoms with E-state index in [0.717, 1.165) is 22.1 Å². The number of aromatic nitrogens is 1. The molecular formula is C15H16Cl2N2. The fourth-order valence-electron chi connectivity index (χ4n) is 1.93. The largest absolute Gasteiger partial charge is 0.353 e. The van der Waals surface area contributed by atoms with Gasteiger partial charge in [-0.15, -0.1) is 11.6 Å². The summed E-state index contributed by atoms with van der Waals surface area (Å²) >= 11 is 11.9. The molecule has 1 unspecified atom stereocenters. The smallest absolute Gasteiger partial charge is 0.129 e. The molecule has 19 heavy (non-hydrogen) atoms. The van der Waals surface area contributed by atoms with Crippen LogP contribution >= 0.6 is 23.2 Å².